The fraction of sp³-hybridized carbons (Fsp3) is 0.261. The van der Waals surface area contributed by atoms with E-state index in [0.29, 0.717) is 48.5 Å². The summed E-state index contributed by atoms with van der Waals surface area (Å²) in [5.41, 5.74) is 2.97. The van der Waals surface area contributed by atoms with E-state index in [9.17, 15) is 9.59 Å². The van der Waals surface area contributed by atoms with Crippen LogP contribution in [0.1, 0.15) is 24.1 Å². The summed E-state index contributed by atoms with van der Waals surface area (Å²) >= 11 is 0. The highest BCUT2D eigenvalue weighted by Crippen LogP contribution is 2.25. The van der Waals surface area contributed by atoms with E-state index in [1.54, 1.807) is 13.2 Å². The number of aryl methyl sites for hydroxylation is 1. The first kappa shape index (κ1) is 18.9. The lowest BCUT2D eigenvalue weighted by Crippen LogP contribution is -2.23. The van der Waals surface area contributed by atoms with Gasteiger partial charge in [-0.2, -0.15) is 0 Å². The number of fused-ring (bicyclic) bond motifs is 1. The van der Waals surface area contributed by atoms with E-state index in [-0.39, 0.29) is 17.4 Å². The normalized spacial score (nSPS) is 15.8. The van der Waals surface area contributed by atoms with Gasteiger partial charge in [0.25, 0.3) is 5.56 Å². The van der Waals surface area contributed by atoms with E-state index in [1.165, 1.54) is 0 Å². The molecule has 0 saturated carbocycles. The number of carbonyl (C=O) groups is 1. The Labute approximate surface area is 169 Å². The second kappa shape index (κ2) is 8.31. The van der Waals surface area contributed by atoms with E-state index < -0.39 is 0 Å². The summed E-state index contributed by atoms with van der Waals surface area (Å²) < 4.78 is 5.21. The number of amides is 1. The van der Waals surface area contributed by atoms with E-state index in [1.807, 2.05) is 48.5 Å². The van der Waals surface area contributed by atoms with Crippen LogP contribution in [0.2, 0.25) is 0 Å². The summed E-state index contributed by atoms with van der Waals surface area (Å²) in [7, 11) is 1.59. The standard InChI is InChI=1S/C23H23N3O3/c1-29-18-9-5-8-17(14-18)24-22(27)16-10-12-19-20(13-11-16)25-21(26-23(19)28)15-6-3-2-4-7-15/h2-9,14,16H,10-13H2,1H3,(H,24,27)(H,25,26,28). The van der Waals surface area contributed by atoms with Gasteiger partial charge < -0.3 is 15.0 Å². The SMILES string of the molecule is COc1cccc(NC(=O)C2CCc3nc(-c4ccccc4)[nH]c(=O)c3CC2)c1. The van der Waals surface area contributed by atoms with Gasteiger partial charge in [-0.05, 0) is 37.8 Å². The molecule has 1 aliphatic carbocycles. The van der Waals surface area contributed by atoms with Gasteiger partial charge in [0.05, 0.1) is 12.8 Å². The summed E-state index contributed by atoms with van der Waals surface area (Å²) in [4.78, 5) is 33.0. The molecule has 6 nitrogen and oxygen atoms in total. The fourth-order valence-electron chi connectivity index (χ4n) is 3.72. The Morgan fingerprint density at radius 1 is 1.10 bits per heavy atom. The molecule has 1 aromatic heterocycles. The number of aromatic nitrogens is 2. The van der Waals surface area contributed by atoms with Crippen molar-refractivity contribution in [3.05, 3.63) is 76.2 Å². The molecule has 0 spiro atoms. The van der Waals surface area contributed by atoms with Gasteiger partial charge >= 0.3 is 0 Å². The van der Waals surface area contributed by atoms with Gasteiger partial charge in [0.1, 0.15) is 11.6 Å². The minimum atomic E-state index is -0.171. The van der Waals surface area contributed by atoms with E-state index in [4.69, 9.17) is 9.72 Å². The van der Waals surface area contributed by atoms with Gasteiger partial charge in [-0.1, -0.05) is 36.4 Å². The van der Waals surface area contributed by atoms with E-state index in [2.05, 4.69) is 10.3 Å². The van der Waals surface area contributed by atoms with Gasteiger partial charge in [-0.3, -0.25) is 9.59 Å². The summed E-state index contributed by atoms with van der Waals surface area (Å²) in [6, 6.07) is 16.9. The Kier molecular flexibility index (Phi) is 5.42. The second-order valence-corrected chi connectivity index (χ2v) is 7.20. The van der Waals surface area contributed by atoms with Crippen molar-refractivity contribution in [2.24, 2.45) is 5.92 Å². The molecule has 0 radical (unpaired) electrons. The van der Waals surface area contributed by atoms with Crippen LogP contribution in [0.25, 0.3) is 11.4 Å². The number of methoxy groups -OCH3 is 1. The number of hydrogen-bond donors (Lipinski definition) is 2. The first-order valence-electron chi connectivity index (χ1n) is 9.76. The van der Waals surface area contributed by atoms with Crippen molar-refractivity contribution in [3.63, 3.8) is 0 Å². The molecule has 1 aliphatic rings. The molecule has 0 bridgehead atoms. The van der Waals surface area contributed by atoms with Crippen LogP contribution in [-0.2, 0) is 17.6 Å². The third kappa shape index (κ3) is 4.21. The Bertz CT molecular complexity index is 1080. The Balaban J connectivity index is 1.51. The molecule has 1 amide bonds. The predicted molar refractivity (Wildman–Crippen MR) is 112 cm³/mol. The molecule has 6 heteroatoms. The molecule has 2 aromatic carbocycles. The molecule has 148 valence electrons. The molecule has 29 heavy (non-hydrogen) atoms. The third-order valence-corrected chi connectivity index (χ3v) is 5.33. The number of anilines is 1. The fourth-order valence-corrected chi connectivity index (χ4v) is 3.72. The van der Waals surface area contributed by atoms with Crippen molar-refractivity contribution in [1.82, 2.24) is 9.97 Å². The Hall–Kier alpha value is -3.41. The summed E-state index contributed by atoms with van der Waals surface area (Å²) in [6.45, 7) is 0. The molecule has 4 rings (SSSR count). The van der Waals surface area contributed by atoms with E-state index in [0.717, 1.165) is 11.3 Å². The van der Waals surface area contributed by atoms with Crippen molar-refractivity contribution in [1.29, 1.82) is 0 Å². The number of hydrogen-bond acceptors (Lipinski definition) is 4. The number of carbonyl (C=O) groups excluding carboxylic acids is 1. The zero-order valence-corrected chi connectivity index (χ0v) is 16.3. The molecule has 1 atom stereocenters. The largest absolute Gasteiger partial charge is 0.497 e. The topological polar surface area (TPSA) is 84.1 Å². The van der Waals surface area contributed by atoms with Crippen LogP contribution in [0.5, 0.6) is 5.75 Å². The van der Waals surface area contributed by atoms with Crippen molar-refractivity contribution in [2.75, 3.05) is 12.4 Å². The maximum atomic E-state index is 12.8. The molecule has 2 N–H and O–H groups in total. The molecule has 1 unspecified atom stereocenters. The van der Waals surface area contributed by atoms with Crippen LogP contribution in [0, 0.1) is 5.92 Å². The number of ether oxygens (including phenoxy) is 1. The number of H-pyrrole nitrogens is 1. The molecule has 0 fully saturated rings. The van der Waals surface area contributed by atoms with Gasteiger partial charge in [-0.15, -0.1) is 0 Å². The lowest BCUT2D eigenvalue weighted by atomic mass is 9.98. The summed E-state index contributed by atoms with van der Waals surface area (Å²) in [6.07, 6.45) is 2.43. The molecule has 3 aromatic rings. The van der Waals surface area contributed by atoms with Gasteiger partial charge in [0.15, 0.2) is 0 Å². The highest BCUT2D eigenvalue weighted by molar-refractivity contribution is 5.92. The lowest BCUT2D eigenvalue weighted by molar-refractivity contribution is -0.120. The Morgan fingerprint density at radius 2 is 1.90 bits per heavy atom. The van der Waals surface area contributed by atoms with Crippen LogP contribution < -0.4 is 15.6 Å². The average Bonchev–Trinajstić information content (AvgIpc) is 2.97. The van der Waals surface area contributed by atoms with Crippen molar-refractivity contribution in [3.8, 4) is 17.1 Å². The lowest BCUT2D eigenvalue weighted by Gasteiger charge is -2.14. The van der Waals surface area contributed by atoms with Crippen molar-refractivity contribution >= 4 is 11.6 Å². The summed E-state index contributed by atoms with van der Waals surface area (Å²) in [5, 5.41) is 2.97. The van der Waals surface area contributed by atoms with Crippen molar-refractivity contribution in [2.45, 2.75) is 25.7 Å². The van der Waals surface area contributed by atoms with Crippen LogP contribution in [0.15, 0.2) is 59.4 Å². The second-order valence-electron chi connectivity index (χ2n) is 7.20. The third-order valence-electron chi connectivity index (χ3n) is 5.33. The maximum Gasteiger partial charge on any atom is 0.254 e. The van der Waals surface area contributed by atoms with Gasteiger partial charge in [0, 0.05) is 28.8 Å². The predicted octanol–water partition coefficient (Wildman–Crippen LogP) is 3.58. The van der Waals surface area contributed by atoms with E-state index >= 15 is 0 Å². The monoisotopic (exact) mass is 389 g/mol. The maximum absolute atomic E-state index is 12.8. The minimum absolute atomic E-state index is 0.0363. The van der Waals surface area contributed by atoms with Crippen molar-refractivity contribution < 1.29 is 9.53 Å². The highest BCUT2D eigenvalue weighted by Gasteiger charge is 2.25. The number of aromatic amines is 1. The summed E-state index contributed by atoms with van der Waals surface area (Å²) in [5.74, 6) is 1.06. The van der Waals surface area contributed by atoms with Crippen LogP contribution in [0.4, 0.5) is 5.69 Å². The first-order valence-corrected chi connectivity index (χ1v) is 9.76. The average molecular weight is 389 g/mol. The Morgan fingerprint density at radius 3 is 2.69 bits per heavy atom. The number of nitrogens with one attached hydrogen (secondary N) is 2. The zero-order chi connectivity index (χ0) is 20.2. The number of benzene rings is 2. The minimum Gasteiger partial charge on any atom is -0.497 e. The van der Waals surface area contributed by atoms with Crippen LogP contribution in [-0.4, -0.2) is 23.0 Å². The zero-order valence-electron chi connectivity index (χ0n) is 16.3. The molecular formula is C23H23N3O3. The molecule has 0 aliphatic heterocycles. The molecule has 0 saturated heterocycles. The molecule has 1 heterocycles. The van der Waals surface area contributed by atoms with Gasteiger partial charge in [0.2, 0.25) is 5.91 Å². The molecular weight excluding hydrogens is 366 g/mol. The highest BCUT2D eigenvalue weighted by atomic mass is 16.5. The first-order chi connectivity index (χ1) is 14.1. The van der Waals surface area contributed by atoms with Gasteiger partial charge in [-0.25, -0.2) is 4.98 Å². The quantitative estimate of drug-likeness (QED) is 0.668. The smallest absolute Gasteiger partial charge is 0.254 e. The van der Waals surface area contributed by atoms with Crippen LogP contribution in [0.3, 0.4) is 0 Å². The number of nitrogens with zero attached hydrogens (tertiary/aromatic N) is 1. The number of rotatable bonds is 4. The van der Waals surface area contributed by atoms with Crippen LogP contribution >= 0.6 is 0 Å².